The summed E-state index contributed by atoms with van der Waals surface area (Å²) in [5.41, 5.74) is 1.94. The predicted octanol–water partition coefficient (Wildman–Crippen LogP) is 3.69. The van der Waals surface area contributed by atoms with Gasteiger partial charge in [0.05, 0.1) is 31.1 Å². The molecule has 0 unspecified atom stereocenters. The number of benzene rings is 1. The Balaban J connectivity index is 1.15. The molecule has 0 spiro atoms. The van der Waals surface area contributed by atoms with Gasteiger partial charge in [0.25, 0.3) is 0 Å². The van der Waals surface area contributed by atoms with Crippen LogP contribution < -0.4 is 5.32 Å². The highest BCUT2D eigenvalue weighted by Crippen LogP contribution is 2.48. The van der Waals surface area contributed by atoms with Gasteiger partial charge in [-0.2, -0.15) is 5.10 Å². The first-order valence-electron chi connectivity index (χ1n) is 12.7. The Hall–Kier alpha value is -2.52. The molecule has 2 saturated heterocycles. The van der Waals surface area contributed by atoms with Gasteiger partial charge in [0, 0.05) is 35.8 Å². The lowest BCUT2D eigenvalue weighted by atomic mass is 9.85. The van der Waals surface area contributed by atoms with Gasteiger partial charge < -0.3 is 15.2 Å². The number of pyridine rings is 1. The van der Waals surface area contributed by atoms with E-state index in [1.165, 1.54) is 0 Å². The van der Waals surface area contributed by atoms with Crippen molar-refractivity contribution in [3.05, 3.63) is 52.9 Å². The minimum absolute atomic E-state index is 0.00355. The van der Waals surface area contributed by atoms with E-state index >= 15 is 0 Å². The summed E-state index contributed by atoms with van der Waals surface area (Å²) in [7, 11) is 1.89. The zero-order valence-corrected chi connectivity index (χ0v) is 21.4. The highest BCUT2D eigenvalue weighted by Gasteiger charge is 2.45. The van der Waals surface area contributed by atoms with Crippen LogP contribution in [0, 0.1) is 5.92 Å². The smallest absolute Gasteiger partial charge is 0.229 e. The summed E-state index contributed by atoms with van der Waals surface area (Å²) in [4.78, 5) is 19.7. The van der Waals surface area contributed by atoms with Crippen LogP contribution in [0.1, 0.15) is 49.1 Å². The molecule has 1 aliphatic carbocycles. The number of carbonyl (C=O) groups excluding carboxylic acids is 1. The van der Waals surface area contributed by atoms with Crippen molar-refractivity contribution in [1.82, 2.24) is 19.7 Å². The van der Waals surface area contributed by atoms with Crippen LogP contribution in [0.25, 0.3) is 10.8 Å². The van der Waals surface area contributed by atoms with Crippen molar-refractivity contribution in [3.8, 4) is 0 Å². The maximum atomic E-state index is 12.8. The summed E-state index contributed by atoms with van der Waals surface area (Å²) in [5, 5.41) is 20.4. The molecule has 2 aromatic heterocycles. The number of hydrogen-bond acceptors (Lipinski definition) is 6. The third-order valence-corrected chi connectivity index (χ3v) is 8.74. The van der Waals surface area contributed by atoms with Crippen molar-refractivity contribution in [3.63, 3.8) is 0 Å². The zero-order chi connectivity index (χ0) is 25.0. The molecule has 8 nitrogen and oxygen atoms in total. The second-order valence-electron chi connectivity index (χ2n) is 10.8. The first-order valence-corrected chi connectivity index (χ1v) is 13.1. The minimum Gasteiger partial charge on any atom is -0.389 e. The van der Waals surface area contributed by atoms with Crippen LogP contribution in [0.5, 0.6) is 0 Å². The van der Waals surface area contributed by atoms with Crippen molar-refractivity contribution < 1.29 is 14.6 Å². The lowest BCUT2D eigenvalue weighted by Gasteiger charge is -2.43. The summed E-state index contributed by atoms with van der Waals surface area (Å²) in [6.07, 6.45) is 7.93. The quantitative estimate of drug-likeness (QED) is 0.545. The van der Waals surface area contributed by atoms with E-state index in [1.807, 2.05) is 31.6 Å². The lowest BCUT2D eigenvalue weighted by molar-refractivity contribution is -0.117. The Kier molecular flexibility index (Phi) is 6.03. The van der Waals surface area contributed by atoms with E-state index in [4.69, 9.17) is 16.3 Å². The van der Waals surface area contributed by atoms with Crippen molar-refractivity contribution in [2.24, 2.45) is 13.0 Å². The van der Waals surface area contributed by atoms with Crippen LogP contribution in [-0.4, -0.2) is 68.6 Å². The number of amides is 1. The van der Waals surface area contributed by atoms with E-state index in [2.05, 4.69) is 33.3 Å². The third kappa shape index (κ3) is 4.30. The molecule has 9 heteroatoms. The van der Waals surface area contributed by atoms with Crippen molar-refractivity contribution in [2.75, 3.05) is 31.6 Å². The summed E-state index contributed by atoms with van der Waals surface area (Å²) in [6, 6.07) is 6.07. The number of likely N-dealkylation sites (tertiary alicyclic amines) is 1. The number of aromatic nitrogens is 3. The normalized spacial score (nSPS) is 29.1. The second-order valence-corrected chi connectivity index (χ2v) is 11.2. The topological polar surface area (TPSA) is 92.5 Å². The molecule has 0 bridgehead atoms. The number of nitrogens with one attached hydrogen (secondary N) is 1. The highest BCUT2D eigenvalue weighted by atomic mass is 35.5. The van der Waals surface area contributed by atoms with Gasteiger partial charge in [0.2, 0.25) is 5.91 Å². The SMILES string of the molecule is Cn1cc([C@H]2C[C@@H]2C(=O)Nc2cc3cc(C4CCN([C@]5(C)COC[C@@H]5O)CC4)c(Cl)cc3cn2)cn1. The second kappa shape index (κ2) is 9.10. The molecule has 6 rings (SSSR count). The summed E-state index contributed by atoms with van der Waals surface area (Å²) < 4.78 is 7.31. The van der Waals surface area contributed by atoms with Crippen LogP contribution in [0.4, 0.5) is 5.82 Å². The summed E-state index contributed by atoms with van der Waals surface area (Å²) in [6.45, 7) is 4.86. The molecule has 2 N–H and O–H groups in total. The number of hydrogen-bond donors (Lipinski definition) is 2. The standard InChI is InChI=1S/C27H32ClN5O3/c1-27(15-36-14-24(27)34)33-5-3-16(4-6-33)21-7-17-9-25(29-11-18(17)8-23(21)28)31-26(35)22-10-20(22)19-12-30-32(2)13-19/h7-9,11-13,16,20,22,24,34H,3-6,10,14-15H2,1-2H3,(H,29,31,35)/t20-,22+,24+,27-/m1/s1. The Bertz CT molecular complexity index is 1300. The fraction of sp³-hybridized carbons (Fsp3) is 0.519. The first-order chi connectivity index (χ1) is 17.3. The van der Waals surface area contributed by atoms with E-state index < -0.39 is 6.10 Å². The molecule has 36 heavy (non-hydrogen) atoms. The molecule has 3 aliphatic rings. The van der Waals surface area contributed by atoms with Gasteiger partial charge in [-0.05, 0) is 85.8 Å². The summed E-state index contributed by atoms with van der Waals surface area (Å²) >= 11 is 6.72. The molecule has 1 amide bonds. The lowest BCUT2D eigenvalue weighted by Crippen LogP contribution is -2.56. The average molecular weight is 510 g/mol. The van der Waals surface area contributed by atoms with E-state index in [0.717, 1.165) is 59.3 Å². The number of aliphatic hydroxyl groups excluding tert-OH is 1. The van der Waals surface area contributed by atoms with Gasteiger partial charge in [-0.25, -0.2) is 4.98 Å². The Morgan fingerprint density at radius 2 is 2.03 bits per heavy atom. The van der Waals surface area contributed by atoms with Crippen molar-refractivity contribution >= 4 is 34.1 Å². The van der Waals surface area contributed by atoms with E-state index in [0.29, 0.717) is 24.9 Å². The van der Waals surface area contributed by atoms with Crippen molar-refractivity contribution in [2.45, 2.75) is 49.7 Å². The Labute approximate surface area is 215 Å². The number of halogens is 1. The van der Waals surface area contributed by atoms with Gasteiger partial charge in [-0.15, -0.1) is 0 Å². The van der Waals surface area contributed by atoms with Gasteiger partial charge in [-0.1, -0.05) is 11.6 Å². The molecule has 190 valence electrons. The average Bonchev–Trinajstić information content (AvgIpc) is 3.44. The maximum Gasteiger partial charge on any atom is 0.229 e. The number of nitrogens with zero attached hydrogens (tertiary/aromatic N) is 4. The number of aliphatic hydroxyl groups is 1. The number of ether oxygens (including phenoxy) is 1. The number of aryl methyl sites for hydroxylation is 1. The fourth-order valence-corrected chi connectivity index (χ4v) is 6.25. The van der Waals surface area contributed by atoms with Crippen LogP contribution in [0.2, 0.25) is 5.02 Å². The third-order valence-electron chi connectivity index (χ3n) is 8.41. The number of carbonyl (C=O) groups is 1. The Morgan fingerprint density at radius 1 is 1.22 bits per heavy atom. The molecular weight excluding hydrogens is 478 g/mol. The Morgan fingerprint density at radius 3 is 2.72 bits per heavy atom. The molecule has 0 radical (unpaired) electrons. The van der Waals surface area contributed by atoms with Crippen LogP contribution >= 0.6 is 11.6 Å². The van der Waals surface area contributed by atoms with Crippen LogP contribution in [-0.2, 0) is 16.6 Å². The minimum atomic E-state index is -0.449. The molecule has 4 heterocycles. The number of rotatable bonds is 5. The van der Waals surface area contributed by atoms with E-state index in [9.17, 15) is 9.90 Å². The fourth-order valence-electron chi connectivity index (χ4n) is 5.92. The van der Waals surface area contributed by atoms with E-state index in [1.54, 1.807) is 10.9 Å². The molecule has 3 fully saturated rings. The molecule has 4 atom stereocenters. The van der Waals surface area contributed by atoms with Gasteiger partial charge >= 0.3 is 0 Å². The maximum absolute atomic E-state index is 12.8. The highest BCUT2D eigenvalue weighted by molar-refractivity contribution is 6.32. The van der Waals surface area contributed by atoms with Crippen LogP contribution in [0.15, 0.2) is 36.8 Å². The van der Waals surface area contributed by atoms with Crippen LogP contribution in [0.3, 0.4) is 0 Å². The monoisotopic (exact) mass is 509 g/mol. The number of anilines is 1. The first kappa shape index (κ1) is 23.9. The van der Waals surface area contributed by atoms with Gasteiger partial charge in [0.1, 0.15) is 5.82 Å². The molecule has 2 aliphatic heterocycles. The van der Waals surface area contributed by atoms with Gasteiger partial charge in [0.15, 0.2) is 0 Å². The molecule has 1 aromatic carbocycles. The largest absolute Gasteiger partial charge is 0.389 e. The molecule has 3 aromatic rings. The summed E-state index contributed by atoms with van der Waals surface area (Å²) in [5.74, 6) is 1.11. The predicted molar refractivity (Wildman–Crippen MR) is 138 cm³/mol. The van der Waals surface area contributed by atoms with Gasteiger partial charge in [-0.3, -0.25) is 14.4 Å². The van der Waals surface area contributed by atoms with Crippen molar-refractivity contribution in [1.29, 1.82) is 0 Å². The number of fused-ring (bicyclic) bond motifs is 1. The number of piperidine rings is 1. The molecule has 1 saturated carbocycles. The zero-order valence-electron chi connectivity index (χ0n) is 20.7. The molecular formula is C27H32ClN5O3. The van der Waals surface area contributed by atoms with E-state index in [-0.39, 0.29) is 23.3 Å².